The van der Waals surface area contributed by atoms with Crippen LogP contribution in [0.1, 0.15) is 23.6 Å². The molecule has 0 saturated carbocycles. The maximum atomic E-state index is 6.00. The average Bonchev–Trinajstić information content (AvgIpc) is 2.42. The molecule has 2 nitrogen and oxygen atoms in total. The Morgan fingerprint density at radius 2 is 1.58 bits per heavy atom. The van der Waals surface area contributed by atoms with E-state index in [0.29, 0.717) is 0 Å². The summed E-state index contributed by atoms with van der Waals surface area (Å²) in [5.41, 5.74) is 3.67. The second-order valence-corrected chi connectivity index (χ2v) is 4.69. The van der Waals surface area contributed by atoms with Gasteiger partial charge in [0.2, 0.25) is 0 Å². The van der Waals surface area contributed by atoms with Gasteiger partial charge in [-0.25, -0.2) is 0 Å². The molecule has 0 aliphatic carbocycles. The van der Waals surface area contributed by atoms with Gasteiger partial charge in [0.25, 0.3) is 0 Å². The maximum Gasteiger partial charge on any atom is 0.133 e. The van der Waals surface area contributed by atoms with Gasteiger partial charge in [-0.3, -0.25) is 0 Å². The van der Waals surface area contributed by atoms with E-state index in [0.717, 1.165) is 23.7 Å². The third-order valence-electron chi connectivity index (χ3n) is 3.19. The zero-order valence-corrected chi connectivity index (χ0v) is 12.0. The molecule has 0 aliphatic heterocycles. The van der Waals surface area contributed by atoms with Gasteiger partial charge in [0, 0.05) is 6.07 Å². The van der Waals surface area contributed by atoms with Crippen molar-refractivity contribution in [3.63, 3.8) is 0 Å². The first-order valence-electron chi connectivity index (χ1n) is 6.56. The molecule has 0 atom stereocenters. The van der Waals surface area contributed by atoms with Crippen LogP contribution in [0, 0.1) is 13.8 Å². The number of benzene rings is 2. The van der Waals surface area contributed by atoms with Crippen LogP contribution in [0.5, 0.6) is 17.2 Å². The van der Waals surface area contributed by atoms with Crippen LogP contribution >= 0.6 is 0 Å². The Morgan fingerprint density at radius 3 is 2.16 bits per heavy atom. The van der Waals surface area contributed by atoms with Crippen molar-refractivity contribution in [1.29, 1.82) is 0 Å². The van der Waals surface area contributed by atoms with Gasteiger partial charge in [0.05, 0.1) is 7.11 Å². The molecule has 0 bridgehead atoms. The molecule has 0 aromatic heterocycles. The monoisotopic (exact) mass is 256 g/mol. The summed E-state index contributed by atoms with van der Waals surface area (Å²) in [5, 5.41) is 0. The second-order valence-electron chi connectivity index (χ2n) is 4.69. The van der Waals surface area contributed by atoms with Gasteiger partial charge in [-0.15, -0.1) is 0 Å². The fourth-order valence-corrected chi connectivity index (χ4v) is 2.19. The minimum absolute atomic E-state index is 0.801. The summed E-state index contributed by atoms with van der Waals surface area (Å²) in [7, 11) is 1.66. The van der Waals surface area contributed by atoms with Gasteiger partial charge >= 0.3 is 0 Å². The standard InChI is InChI=1S/C17H20O2/c1-5-14-9-12(2)17(13(3)10-14)19-16-8-6-7-15(11-16)18-4/h6-11H,5H2,1-4H3. The van der Waals surface area contributed by atoms with Crippen molar-refractivity contribution in [2.45, 2.75) is 27.2 Å². The van der Waals surface area contributed by atoms with Gasteiger partial charge in [0.1, 0.15) is 17.2 Å². The Hall–Kier alpha value is -1.96. The normalized spacial score (nSPS) is 10.3. The Kier molecular flexibility index (Phi) is 4.10. The second kappa shape index (κ2) is 5.79. The highest BCUT2D eigenvalue weighted by Crippen LogP contribution is 2.31. The van der Waals surface area contributed by atoms with E-state index in [1.807, 2.05) is 24.3 Å². The number of ether oxygens (including phenoxy) is 2. The number of hydrogen-bond acceptors (Lipinski definition) is 2. The van der Waals surface area contributed by atoms with E-state index >= 15 is 0 Å². The van der Waals surface area contributed by atoms with E-state index in [4.69, 9.17) is 9.47 Å². The summed E-state index contributed by atoms with van der Waals surface area (Å²) in [6.07, 6.45) is 1.04. The van der Waals surface area contributed by atoms with Crippen molar-refractivity contribution >= 4 is 0 Å². The average molecular weight is 256 g/mol. The van der Waals surface area contributed by atoms with Crippen LogP contribution < -0.4 is 9.47 Å². The molecule has 19 heavy (non-hydrogen) atoms. The minimum atomic E-state index is 0.801. The fraction of sp³-hybridized carbons (Fsp3) is 0.294. The van der Waals surface area contributed by atoms with Gasteiger partial charge < -0.3 is 9.47 Å². The number of hydrogen-bond donors (Lipinski definition) is 0. The lowest BCUT2D eigenvalue weighted by atomic mass is 10.0. The van der Waals surface area contributed by atoms with E-state index in [2.05, 4.69) is 32.9 Å². The minimum Gasteiger partial charge on any atom is -0.497 e. The number of aryl methyl sites for hydroxylation is 3. The van der Waals surface area contributed by atoms with Gasteiger partial charge in [-0.2, -0.15) is 0 Å². The van der Waals surface area contributed by atoms with Crippen LogP contribution in [0.25, 0.3) is 0 Å². The highest BCUT2D eigenvalue weighted by molar-refractivity contribution is 5.46. The number of rotatable bonds is 4. The largest absolute Gasteiger partial charge is 0.497 e. The zero-order chi connectivity index (χ0) is 13.8. The smallest absolute Gasteiger partial charge is 0.133 e. The first kappa shape index (κ1) is 13.5. The Labute approximate surface area is 115 Å². The van der Waals surface area contributed by atoms with Crippen LogP contribution in [-0.2, 0) is 6.42 Å². The summed E-state index contributed by atoms with van der Waals surface area (Å²) < 4.78 is 11.2. The molecule has 0 radical (unpaired) electrons. The molecule has 0 spiro atoms. The molecule has 2 aromatic rings. The van der Waals surface area contributed by atoms with Crippen molar-refractivity contribution in [2.24, 2.45) is 0 Å². The molecule has 2 heteroatoms. The van der Waals surface area contributed by atoms with Crippen LogP contribution in [0.2, 0.25) is 0 Å². The topological polar surface area (TPSA) is 18.5 Å². The lowest BCUT2D eigenvalue weighted by Gasteiger charge is -2.14. The Bertz CT molecular complexity index is 550. The quantitative estimate of drug-likeness (QED) is 0.791. The van der Waals surface area contributed by atoms with E-state index in [1.165, 1.54) is 16.7 Å². The molecule has 100 valence electrons. The molecular weight excluding hydrogens is 236 g/mol. The SMILES string of the molecule is CCc1cc(C)c(Oc2cccc(OC)c2)c(C)c1. The Morgan fingerprint density at radius 1 is 0.947 bits per heavy atom. The third-order valence-corrected chi connectivity index (χ3v) is 3.19. The summed E-state index contributed by atoms with van der Waals surface area (Å²) >= 11 is 0. The molecule has 0 amide bonds. The van der Waals surface area contributed by atoms with Crippen molar-refractivity contribution in [1.82, 2.24) is 0 Å². The van der Waals surface area contributed by atoms with Crippen molar-refractivity contribution in [2.75, 3.05) is 7.11 Å². The first-order chi connectivity index (χ1) is 9.13. The Balaban J connectivity index is 2.32. The summed E-state index contributed by atoms with van der Waals surface area (Å²) in [6, 6.07) is 12.0. The van der Waals surface area contributed by atoms with Gasteiger partial charge in [-0.05, 0) is 49.1 Å². The van der Waals surface area contributed by atoms with Crippen LogP contribution in [0.15, 0.2) is 36.4 Å². The van der Waals surface area contributed by atoms with E-state index < -0.39 is 0 Å². The molecule has 2 rings (SSSR count). The summed E-state index contributed by atoms with van der Waals surface area (Å²) in [6.45, 7) is 6.33. The molecular formula is C17H20O2. The summed E-state index contributed by atoms with van der Waals surface area (Å²) in [5.74, 6) is 2.54. The van der Waals surface area contributed by atoms with Crippen molar-refractivity contribution in [3.05, 3.63) is 53.1 Å². The van der Waals surface area contributed by atoms with E-state index in [1.54, 1.807) is 7.11 Å². The fourth-order valence-electron chi connectivity index (χ4n) is 2.19. The predicted molar refractivity (Wildman–Crippen MR) is 78.4 cm³/mol. The molecule has 0 fully saturated rings. The predicted octanol–water partition coefficient (Wildman–Crippen LogP) is 4.67. The molecule has 0 heterocycles. The molecule has 2 aromatic carbocycles. The number of methoxy groups -OCH3 is 1. The van der Waals surface area contributed by atoms with E-state index in [-0.39, 0.29) is 0 Å². The summed E-state index contributed by atoms with van der Waals surface area (Å²) in [4.78, 5) is 0. The van der Waals surface area contributed by atoms with Crippen LogP contribution in [0.3, 0.4) is 0 Å². The van der Waals surface area contributed by atoms with Gasteiger partial charge in [0.15, 0.2) is 0 Å². The van der Waals surface area contributed by atoms with Gasteiger partial charge in [-0.1, -0.05) is 25.1 Å². The maximum absolute atomic E-state index is 6.00. The van der Waals surface area contributed by atoms with Crippen LogP contribution in [0.4, 0.5) is 0 Å². The third kappa shape index (κ3) is 3.08. The molecule has 0 saturated heterocycles. The van der Waals surface area contributed by atoms with Crippen molar-refractivity contribution in [3.8, 4) is 17.2 Å². The molecule has 0 unspecified atom stereocenters. The first-order valence-corrected chi connectivity index (χ1v) is 6.56. The highest BCUT2D eigenvalue weighted by Gasteiger charge is 2.07. The lowest BCUT2D eigenvalue weighted by Crippen LogP contribution is -1.94. The zero-order valence-electron chi connectivity index (χ0n) is 12.0. The lowest BCUT2D eigenvalue weighted by molar-refractivity contribution is 0.408. The van der Waals surface area contributed by atoms with Crippen molar-refractivity contribution < 1.29 is 9.47 Å². The molecule has 0 N–H and O–H groups in total. The van der Waals surface area contributed by atoms with E-state index in [9.17, 15) is 0 Å². The highest BCUT2D eigenvalue weighted by atomic mass is 16.5. The van der Waals surface area contributed by atoms with Crippen LogP contribution in [-0.4, -0.2) is 7.11 Å². The molecule has 0 aliphatic rings.